The third-order valence-electron chi connectivity index (χ3n) is 6.50. The molecule has 4 heterocycles. The van der Waals surface area contributed by atoms with Gasteiger partial charge in [0.1, 0.15) is 21.4 Å². The first-order valence-corrected chi connectivity index (χ1v) is 11.0. The van der Waals surface area contributed by atoms with Gasteiger partial charge in [-0.25, -0.2) is 4.98 Å². The molecule has 1 fully saturated rings. The van der Waals surface area contributed by atoms with E-state index in [1.54, 1.807) is 19.3 Å². The molecule has 8 nitrogen and oxygen atoms in total. The molecule has 2 N–H and O–H groups in total. The van der Waals surface area contributed by atoms with E-state index < -0.39 is 0 Å². The van der Waals surface area contributed by atoms with Gasteiger partial charge in [0.2, 0.25) is 0 Å². The first kappa shape index (κ1) is 22.1. The summed E-state index contributed by atoms with van der Waals surface area (Å²) in [7, 11) is 6.00. The third-order valence-corrected chi connectivity index (χ3v) is 6.50. The van der Waals surface area contributed by atoms with Crippen LogP contribution in [0.3, 0.4) is 0 Å². The van der Waals surface area contributed by atoms with Gasteiger partial charge in [-0.05, 0) is 41.6 Å². The molecule has 0 atom stereocenters. The summed E-state index contributed by atoms with van der Waals surface area (Å²) in [5.74, 6) is -0.181. The minimum atomic E-state index is -0.227. The first-order valence-electron chi connectivity index (χ1n) is 11.0. The third kappa shape index (κ3) is 4.14. The van der Waals surface area contributed by atoms with Gasteiger partial charge in [0, 0.05) is 45.0 Å². The number of hydrogen-bond acceptors (Lipinski definition) is 6. The monoisotopic (exact) mass is 430 g/mol. The van der Waals surface area contributed by atoms with Crippen LogP contribution >= 0.6 is 0 Å². The molecular weight excluding hydrogens is 402 g/mol. The van der Waals surface area contributed by atoms with E-state index in [0.717, 1.165) is 54.0 Å². The lowest BCUT2D eigenvalue weighted by Gasteiger charge is -2.45. The molecule has 3 aromatic rings. The first-order chi connectivity index (χ1) is 15.3. The molecule has 1 amide bonds. The number of aryl methyl sites for hydroxylation is 1. The van der Waals surface area contributed by atoms with E-state index in [1.165, 1.54) is 0 Å². The smallest absolute Gasteiger partial charge is 0.269 e. The number of rotatable bonds is 5. The maximum Gasteiger partial charge on any atom is 0.269 e. The quantitative estimate of drug-likeness (QED) is 0.528. The van der Waals surface area contributed by atoms with Crippen LogP contribution in [0.25, 0.3) is 11.0 Å². The van der Waals surface area contributed by atoms with Crippen LogP contribution in [0.5, 0.6) is 0 Å². The molecular formula is C22H28B2N6O2. The second-order valence-electron chi connectivity index (χ2n) is 8.65. The molecule has 32 heavy (non-hydrogen) atoms. The number of anilines is 1. The lowest BCUT2D eigenvalue weighted by Crippen LogP contribution is -2.56. The van der Waals surface area contributed by atoms with Crippen molar-refractivity contribution in [3.8, 4) is 0 Å². The Morgan fingerprint density at radius 2 is 1.91 bits per heavy atom. The minimum absolute atomic E-state index is 0.0404. The summed E-state index contributed by atoms with van der Waals surface area (Å²) < 4.78 is 0. The highest BCUT2D eigenvalue weighted by Crippen LogP contribution is 2.26. The number of carbonyl (C=O) groups excluding carboxylic acids is 1. The number of hydrogen-bond donors (Lipinski definition) is 2. The fraction of sp³-hybridized carbons (Fsp3) is 0.364. The lowest BCUT2D eigenvalue weighted by atomic mass is 9.57. The van der Waals surface area contributed by atoms with E-state index in [4.69, 9.17) is 0 Å². The normalized spacial score (nSPS) is 15.1. The van der Waals surface area contributed by atoms with E-state index >= 15 is 0 Å². The highest BCUT2D eigenvalue weighted by atomic mass is 16.1. The van der Waals surface area contributed by atoms with E-state index in [2.05, 4.69) is 51.8 Å². The average molecular weight is 430 g/mol. The van der Waals surface area contributed by atoms with Crippen LogP contribution in [0.2, 0.25) is 0 Å². The average Bonchev–Trinajstić information content (AvgIpc) is 2.82. The Morgan fingerprint density at radius 1 is 1.16 bits per heavy atom. The Hall–Kier alpha value is -3.13. The van der Waals surface area contributed by atoms with E-state index in [-0.39, 0.29) is 16.8 Å². The summed E-state index contributed by atoms with van der Waals surface area (Å²) in [6.07, 6.45) is 4.38. The number of carbonyl (C=O) groups is 1. The standard InChI is InChI=1S/C22H28B2N6O2/c1-3-14-10-18-19(28-20(14)31)11-15(12-26-18)22(23,24)30-8-6-29(7-9-30)16-4-5-17(27-13-16)21(32)25-2/h4-5,10-13H,3,6-9,23-24H2,1-2H3,(H,25,32)(H,28,31). The van der Waals surface area contributed by atoms with Crippen LogP contribution in [0.15, 0.2) is 41.5 Å². The Bertz CT molecular complexity index is 1190. The van der Waals surface area contributed by atoms with Crippen molar-refractivity contribution in [2.75, 3.05) is 38.1 Å². The van der Waals surface area contributed by atoms with Crippen molar-refractivity contribution < 1.29 is 4.79 Å². The minimum Gasteiger partial charge on any atom is -0.368 e. The molecule has 0 aromatic carbocycles. The van der Waals surface area contributed by atoms with Gasteiger partial charge < -0.3 is 20.1 Å². The zero-order valence-electron chi connectivity index (χ0n) is 19.1. The van der Waals surface area contributed by atoms with Gasteiger partial charge in [-0.15, -0.1) is 0 Å². The summed E-state index contributed by atoms with van der Waals surface area (Å²) in [5.41, 5.74) is 4.83. The van der Waals surface area contributed by atoms with Crippen molar-refractivity contribution >= 4 is 38.3 Å². The van der Waals surface area contributed by atoms with Crippen LogP contribution in [0.1, 0.15) is 28.5 Å². The van der Waals surface area contributed by atoms with Gasteiger partial charge in [0.25, 0.3) is 11.5 Å². The molecule has 0 unspecified atom stereocenters. The predicted molar refractivity (Wildman–Crippen MR) is 132 cm³/mol. The van der Waals surface area contributed by atoms with E-state index in [1.807, 2.05) is 25.3 Å². The van der Waals surface area contributed by atoms with E-state index in [9.17, 15) is 9.59 Å². The number of pyridine rings is 3. The molecule has 164 valence electrons. The summed E-state index contributed by atoms with van der Waals surface area (Å²) in [6, 6.07) is 7.65. The van der Waals surface area contributed by atoms with Gasteiger partial charge in [-0.1, -0.05) is 6.92 Å². The number of aromatic amines is 1. The number of fused-ring (bicyclic) bond motifs is 1. The molecule has 10 heteroatoms. The molecule has 1 aliphatic rings. The number of piperazine rings is 1. The summed E-state index contributed by atoms with van der Waals surface area (Å²) in [4.78, 5) is 40.6. The molecule has 0 spiro atoms. The van der Waals surface area contributed by atoms with Crippen LogP contribution in [0, 0.1) is 0 Å². The molecule has 0 radical (unpaired) electrons. The van der Waals surface area contributed by atoms with Crippen molar-refractivity contribution in [1.29, 1.82) is 0 Å². The number of amides is 1. The van der Waals surface area contributed by atoms with Gasteiger partial charge >= 0.3 is 0 Å². The molecule has 4 rings (SSSR count). The molecule has 1 saturated heterocycles. The molecule has 0 saturated carbocycles. The topological polar surface area (TPSA) is 94.2 Å². The Morgan fingerprint density at radius 3 is 2.53 bits per heavy atom. The fourth-order valence-electron chi connectivity index (χ4n) is 4.26. The molecule has 3 aromatic heterocycles. The summed E-state index contributed by atoms with van der Waals surface area (Å²) in [5, 5.41) is 2.36. The largest absolute Gasteiger partial charge is 0.368 e. The van der Waals surface area contributed by atoms with Gasteiger partial charge in [-0.2, -0.15) is 0 Å². The zero-order valence-corrected chi connectivity index (χ0v) is 19.1. The maximum absolute atomic E-state index is 12.2. The summed E-state index contributed by atoms with van der Waals surface area (Å²) >= 11 is 0. The molecule has 1 aliphatic heterocycles. The predicted octanol–water partition coefficient (Wildman–Crippen LogP) is -0.561. The van der Waals surface area contributed by atoms with Crippen LogP contribution in [-0.4, -0.2) is 74.7 Å². The van der Waals surface area contributed by atoms with Crippen molar-refractivity contribution in [3.63, 3.8) is 0 Å². The molecule has 0 bridgehead atoms. The number of nitrogens with one attached hydrogen (secondary N) is 2. The Balaban J connectivity index is 1.48. The fourth-order valence-corrected chi connectivity index (χ4v) is 4.26. The summed E-state index contributed by atoms with van der Waals surface area (Å²) in [6.45, 7) is 5.46. The number of aromatic nitrogens is 3. The zero-order chi connectivity index (χ0) is 22.9. The van der Waals surface area contributed by atoms with Gasteiger partial charge in [0.15, 0.2) is 0 Å². The van der Waals surface area contributed by atoms with Crippen LogP contribution in [-0.2, 0) is 11.8 Å². The highest BCUT2D eigenvalue weighted by molar-refractivity contribution is 6.39. The molecule has 0 aliphatic carbocycles. The number of nitrogens with zero attached hydrogens (tertiary/aromatic N) is 4. The highest BCUT2D eigenvalue weighted by Gasteiger charge is 2.32. The van der Waals surface area contributed by atoms with Crippen molar-refractivity contribution in [2.45, 2.75) is 18.7 Å². The Labute approximate surface area is 189 Å². The second-order valence-corrected chi connectivity index (χ2v) is 8.65. The van der Waals surface area contributed by atoms with Gasteiger partial charge in [0.05, 0.1) is 22.9 Å². The van der Waals surface area contributed by atoms with Gasteiger partial charge in [-0.3, -0.25) is 14.6 Å². The maximum atomic E-state index is 12.2. The van der Waals surface area contributed by atoms with Crippen LogP contribution in [0.4, 0.5) is 5.69 Å². The second kappa shape index (κ2) is 8.78. The van der Waals surface area contributed by atoms with E-state index in [0.29, 0.717) is 12.1 Å². The number of H-pyrrole nitrogens is 1. The lowest BCUT2D eigenvalue weighted by molar-refractivity contribution is 0.0958. The van der Waals surface area contributed by atoms with Crippen LogP contribution < -0.4 is 15.8 Å². The van der Waals surface area contributed by atoms with Crippen molar-refractivity contribution in [1.82, 2.24) is 25.2 Å². The van der Waals surface area contributed by atoms with Crippen molar-refractivity contribution in [3.05, 3.63) is 63.8 Å². The SMILES string of the molecule is BC(B)(c1cnc2cc(CC)c(=O)[nH]c2c1)N1CCN(c2ccc(C(=O)NC)nc2)CC1. The Kier molecular flexibility index (Phi) is 6.06. The van der Waals surface area contributed by atoms with Crippen molar-refractivity contribution in [2.24, 2.45) is 0 Å².